The second kappa shape index (κ2) is 8.70. The third-order valence-corrected chi connectivity index (χ3v) is 2.85. The standard InChI is InChI=1S/C15H22O3/c1-2-18-15(17)12-8-4-7-11-14(16)13-9-5-3-6-10-13/h3,5-6,9-10,14,16H,2,4,7-8,11-12H2,1H3. The molecule has 0 spiro atoms. The molecule has 0 saturated heterocycles. The molecule has 1 N–H and O–H groups in total. The predicted octanol–water partition coefficient (Wildman–Crippen LogP) is 3.23. The van der Waals surface area contributed by atoms with E-state index in [1.54, 1.807) is 0 Å². The van der Waals surface area contributed by atoms with Crippen LogP contribution in [0.1, 0.15) is 50.7 Å². The first-order chi connectivity index (χ1) is 8.74. The molecule has 0 radical (unpaired) electrons. The Bertz CT molecular complexity index is 335. The Morgan fingerprint density at radius 3 is 2.61 bits per heavy atom. The first-order valence-electron chi connectivity index (χ1n) is 6.62. The van der Waals surface area contributed by atoms with Crippen LogP contribution in [0.2, 0.25) is 0 Å². The van der Waals surface area contributed by atoms with Crippen molar-refractivity contribution in [2.45, 2.75) is 45.1 Å². The van der Waals surface area contributed by atoms with Crippen LogP contribution in [0, 0.1) is 0 Å². The largest absolute Gasteiger partial charge is 0.466 e. The number of hydrogen-bond acceptors (Lipinski definition) is 3. The number of ether oxygens (including phenoxy) is 1. The summed E-state index contributed by atoms with van der Waals surface area (Å²) >= 11 is 0. The lowest BCUT2D eigenvalue weighted by Gasteiger charge is -2.10. The maximum atomic E-state index is 11.1. The SMILES string of the molecule is CCOC(=O)CCCCCC(O)c1ccccc1. The number of esters is 1. The van der Waals surface area contributed by atoms with Gasteiger partial charge in [0.25, 0.3) is 0 Å². The Morgan fingerprint density at radius 1 is 1.22 bits per heavy atom. The summed E-state index contributed by atoms with van der Waals surface area (Å²) in [6.07, 6.45) is 3.54. The number of aliphatic hydroxyl groups is 1. The number of carbonyl (C=O) groups is 1. The topological polar surface area (TPSA) is 46.5 Å². The van der Waals surface area contributed by atoms with E-state index in [0.29, 0.717) is 13.0 Å². The van der Waals surface area contributed by atoms with Crippen molar-refractivity contribution >= 4 is 5.97 Å². The highest BCUT2D eigenvalue weighted by molar-refractivity contribution is 5.69. The first-order valence-corrected chi connectivity index (χ1v) is 6.62. The van der Waals surface area contributed by atoms with Crippen LogP contribution in [0.5, 0.6) is 0 Å². The van der Waals surface area contributed by atoms with Gasteiger partial charge in [-0.1, -0.05) is 43.2 Å². The third kappa shape index (κ3) is 5.82. The zero-order chi connectivity index (χ0) is 13.2. The van der Waals surface area contributed by atoms with E-state index in [4.69, 9.17) is 4.74 Å². The summed E-state index contributed by atoms with van der Waals surface area (Å²) in [5.41, 5.74) is 0.961. The lowest BCUT2D eigenvalue weighted by molar-refractivity contribution is -0.143. The highest BCUT2D eigenvalue weighted by atomic mass is 16.5. The van der Waals surface area contributed by atoms with Gasteiger partial charge in [0, 0.05) is 6.42 Å². The molecule has 1 unspecified atom stereocenters. The summed E-state index contributed by atoms with van der Waals surface area (Å²) in [6, 6.07) is 9.67. The summed E-state index contributed by atoms with van der Waals surface area (Å²) < 4.78 is 4.85. The van der Waals surface area contributed by atoms with Gasteiger partial charge in [-0.05, 0) is 25.3 Å². The fourth-order valence-electron chi connectivity index (χ4n) is 1.86. The Kier molecular flexibility index (Phi) is 7.11. The average Bonchev–Trinajstić information content (AvgIpc) is 2.39. The molecule has 18 heavy (non-hydrogen) atoms. The molecule has 0 aliphatic heterocycles. The summed E-state index contributed by atoms with van der Waals surface area (Å²) in [7, 11) is 0. The van der Waals surface area contributed by atoms with Crippen molar-refractivity contribution in [3.05, 3.63) is 35.9 Å². The second-order valence-electron chi connectivity index (χ2n) is 4.33. The maximum absolute atomic E-state index is 11.1. The molecule has 3 heteroatoms. The van der Waals surface area contributed by atoms with Gasteiger partial charge in [-0.15, -0.1) is 0 Å². The van der Waals surface area contributed by atoms with Gasteiger partial charge in [0.05, 0.1) is 12.7 Å². The number of hydrogen-bond donors (Lipinski definition) is 1. The molecule has 0 aliphatic rings. The molecule has 100 valence electrons. The Labute approximate surface area is 109 Å². The van der Waals surface area contributed by atoms with Gasteiger partial charge >= 0.3 is 5.97 Å². The minimum absolute atomic E-state index is 0.124. The molecule has 0 aromatic heterocycles. The van der Waals surface area contributed by atoms with E-state index in [2.05, 4.69) is 0 Å². The van der Waals surface area contributed by atoms with Gasteiger partial charge in [0.15, 0.2) is 0 Å². The first kappa shape index (κ1) is 14.7. The molecule has 0 saturated carbocycles. The minimum atomic E-state index is -0.395. The average molecular weight is 250 g/mol. The fourth-order valence-corrected chi connectivity index (χ4v) is 1.86. The molecule has 0 fully saturated rings. The fraction of sp³-hybridized carbons (Fsp3) is 0.533. The number of unbranched alkanes of at least 4 members (excludes halogenated alkanes) is 2. The van der Waals surface area contributed by atoms with E-state index in [0.717, 1.165) is 31.2 Å². The molecule has 0 amide bonds. The van der Waals surface area contributed by atoms with E-state index in [9.17, 15) is 9.90 Å². The maximum Gasteiger partial charge on any atom is 0.305 e. The molecular formula is C15H22O3. The predicted molar refractivity (Wildman–Crippen MR) is 71.1 cm³/mol. The van der Waals surface area contributed by atoms with E-state index in [1.165, 1.54) is 0 Å². The van der Waals surface area contributed by atoms with Crippen LogP contribution in [0.15, 0.2) is 30.3 Å². The Balaban J connectivity index is 2.09. The molecule has 0 heterocycles. The van der Waals surface area contributed by atoms with E-state index < -0.39 is 6.10 Å². The second-order valence-corrected chi connectivity index (χ2v) is 4.33. The number of aliphatic hydroxyl groups excluding tert-OH is 1. The van der Waals surface area contributed by atoms with Crippen molar-refractivity contribution in [1.82, 2.24) is 0 Å². The van der Waals surface area contributed by atoms with E-state index in [1.807, 2.05) is 37.3 Å². The van der Waals surface area contributed by atoms with E-state index in [-0.39, 0.29) is 5.97 Å². The molecule has 1 aromatic rings. The van der Waals surface area contributed by atoms with Crippen LogP contribution in [-0.4, -0.2) is 17.7 Å². The van der Waals surface area contributed by atoms with Crippen LogP contribution in [0.4, 0.5) is 0 Å². The normalized spacial score (nSPS) is 12.1. The van der Waals surface area contributed by atoms with Gasteiger partial charge in [-0.25, -0.2) is 0 Å². The van der Waals surface area contributed by atoms with Crippen LogP contribution in [0.3, 0.4) is 0 Å². The molecule has 3 nitrogen and oxygen atoms in total. The van der Waals surface area contributed by atoms with Gasteiger partial charge in [0.1, 0.15) is 0 Å². The summed E-state index contributed by atoms with van der Waals surface area (Å²) in [4.78, 5) is 11.1. The van der Waals surface area contributed by atoms with Crippen molar-refractivity contribution in [3.63, 3.8) is 0 Å². The Hall–Kier alpha value is -1.35. The van der Waals surface area contributed by atoms with Gasteiger partial charge in [0.2, 0.25) is 0 Å². The van der Waals surface area contributed by atoms with Gasteiger partial charge < -0.3 is 9.84 Å². The number of rotatable bonds is 8. The summed E-state index contributed by atoms with van der Waals surface area (Å²) in [5.74, 6) is -0.124. The third-order valence-electron chi connectivity index (χ3n) is 2.85. The lowest BCUT2D eigenvalue weighted by atomic mass is 10.0. The van der Waals surface area contributed by atoms with Gasteiger partial charge in [-0.3, -0.25) is 4.79 Å². The van der Waals surface area contributed by atoms with Crippen molar-refractivity contribution < 1.29 is 14.6 Å². The Morgan fingerprint density at radius 2 is 1.94 bits per heavy atom. The van der Waals surface area contributed by atoms with Crippen LogP contribution < -0.4 is 0 Å². The highest BCUT2D eigenvalue weighted by Gasteiger charge is 2.06. The monoisotopic (exact) mass is 250 g/mol. The summed E-state index contributed by atoms with van der Waals surface area (Å²) in [5, 5.41) is 9.92. The van der Waals surface area contributed by atoms with Crippen molar-refractivity contribution in [2.75, 3.05) is 6.61 Å². The van der Waals surface area contributed by atoms with Crippen molar-refractivity contribution in [1.29, 1.82) is 0 Å². The van der Waals surface area contributed by atoms with Crippen molar-refractivity contribution in [2.24, 2.45) is 0 Å². The van der Waals surface area contributed by atoms with Gasteiger partial charge in [-0.2, -0.15) is 0 Å². The smallest absolute Gasteiger partial charge is 0.305 e. The van der Waals surface area contributed by atoms with Crippen LogP contribution in [-0.2, 0) is 9.53 Å². The lowest BCUT2D eigenvalue weighted by Crippen LogP contribution is -2.03. The number of benzene rings is 1. The zero-order valence-electron chi connectivity index (χ0n) is 11.0. The summed E-state index contributed by atoms with van der Waals surface area (Å²) in [6.45, 7) is 2.26. The number of carbonyl (C=O) groups excluding carboxylic acids is 1. The molecule has 0 bridgehead atoms. The molecule has 1 aromatic carbocycles. The van der Waals surface area contributed by atoms with Crippen molar-refractivity contribution in [3.8, 4) is 0 Å². The zero-order valence-corrected chi connectivity index (χ0v) is 11.0. The quantitative estimate of drug-likeness (QED) is 0.569. The minimum Gasteiger partial charge on any atom is -0.466 e. The van der Waals surface area contributed by atoms with E-state index >= 15 is 0 Å². The van der Waals surface area contributed by atoms with Crippen LogP contribution >= 0.6 is 0 Å². The molecule has 1 rings (SSSR count). The molecular weight excluding hydrogens is 228 g/mol. The molecule has 0 aliphatic carbocycles. The highest BCUT2D eigenvalue weighted by Crippen LogP contribution is 2.19. The molecule has 1 atom stereocenters. The van der Waals surface area contributed by atoms with Crippen LogP contribution in [0.25, 0.3) is 0 Å².